The third-order valence-corrected chi connectivity index (χ3v) is 2.44. The lowest BCUT2D eigenvalue weighted by atomic mass is 10.3. The van der Waals surface area contributed by atoms with Gasteiger partial charge >= 0.3 is 11.9 Å². The second kappa shape index (κ2) is 4.84. The Labute approximate surface area is 111 Å². The Bertz CT molecular complexity index is 756. The first kappa shape index (κ1) is 11.9. The average Bonchev–Trinajstić information content (AvgIpc) is 3.04. The molecule has 0 aliphatic carbocycles. The van der Waals surface area contributed by atoms with Crippen molar-refractivity contribution in [1.29, 1.82) is 0 Å². The van der Waals surface area contributed by atoms with Gasteiger partial charge in [0.25, 0.3) is 0 Å². The molecule has 0 fully saturated rings. The van der Waals surface area contributed by atoms with Gasteiger partial charge in [0.05, 0.1) is 12.3 Å². The van der Waals surface area contributed by atoms with Crippen molar-refractivity contribution >= 4 is 29.2 Å². The summed E-state index contributed by atoms with van der Waals surface area (Å²) in [5.74, 6) is -0.0892. The molecule has 0 saturated carbocycles. The van der Waals surface area contributed by atoms with E-state index < -0.39 is 4.92 Å². The number of anilines is 1. The zero-order chi connectivity index (χ0) is 13.9. The summed E-state index contributed by atoms with van der Waals surface area (Å²) < 4.78 is 10.3. The molecule has 3 rings (SSSR count). The van der Waals surface area contributed by atoms with Gasteiger partial charge in [-0.15, -0.1) is 0 Å². The highest BCUT2D eigenvalue weighted by molar-refractivity contribution is 5.77. The Morgan fingerprint density at radius 2 is 2.10 bits per heavy atom. The van der Waals surface area contributed by atoms with Crippen LogP contribution >= 0.6 is 0 Å². The fourth-order valence-corrected chi connectivity index (χ4v) is 1.58. The van der Waals surface area contributed by atoms with Crippen molar-refractivity contribution in [2.24, 2.45) is 5.10 Å². The Morgan fingerprint density at radius 1 is 1.25 bits per heavy atom. The molecule has 0 atom stereocenters. The summed E-state index contributed by atoms with van der Waals surface area (Å²) in [6.45, 7) is 0. The van der Waals surface area contributed by atoms with E-state index >= 15 is 0 Å². The van der Waals surface area contributed by atoms with Crippen LogP contribution in [0.3, 0.4) is 0 Å². The summed E-state index contributed by atoms with van der Waals surface area (Å²) >= 11 is 0. The molecule has 0 amide bonds. The van der Waals surface area contributed by atoms with Gasteiger partial charge in [-0.1, -0.05) is 12.1 Å². The Kier molecular flexibility index (Phi) is 2.88. The van der Waals surface area contributed by atoms with Crippen LogP contribution in [0, 0.1) is 10.1 Å². The monoisotopic (exact) mass is 272 g/mol. The van der Waals surface area contributed by atoms with Crippen LogP contribution in [0.15, 0.2) is 50.3 Å². The summed E-state index contributed by atoms with van der Waals surface area (Å²) in [6, 6.07) is 10.2. The first-order valence-corrected chi connectivity index (χ1v) is 5.61. The summed E-state index contributed by atoms with van der Waals surface area (Å²) in [5, 5.41) is 14.3. The second-order valence-electron chi connectivity index (χ2n) is 3.79. The molecule has 8 heteroatoms. The van der Waals surface area contributed by atoms with Crippen molar-refractivity contribution in [3.05, 3.63) is 52.3 Å². The molecule has 0 unspecified atom stereocenters. The van der Waals surface area contributed by atoms with E-state index in [2.05, 4.69) is 15.5 Å². The van der Waals surface area contributed by atoms with Gasteiger partial charge in [-0.3, -0.25) is 10.1 Å². The minimum Gasteiger partial charge on any atom is -0.422 e. The zero-order valence-electron chi connectivity index (χ0n) is 10.0. The van der Waals surface area contributed by atoms with E-state index in [1.54, 1.807) is 6.07 Å². The lowest BCUT2D eigenvalue weighted by molar-refractivity contribution is -0.402. The number of hydrogen-bond donors (Lipinski definition) is 1. The number of oxazole rings is 1. The quantitative estimate of drug-likeness (QED) is 0.444. The number of rotatable bonds is 4. The first-order chi connectivity index (χ1) is 9.72. The molecule has 0 saturated heterocycles. The normalized spacial score (nSPS) is 11.2. The third-order valence-electron chi connectivity index (χ3n) is 2.44. The van der Waals surface area contributed by atoms with E-state index in [-0.39, 0.29) is 17.7 Å². The second-order valence-corrected chi connectivity index (χ2v) is 3.79. The summed E-state index contributed by atoms with van der Waals surface area (Å²) in [4.78, 5) is 14.0. The lowest BCUT2D eigenvalue weighted by Gasteiger charge is -1.89. The maximum atomic E-state index is 10.4. The topological polar surface area (TPSA) is 107 Å². The maximum absolute atomic E-state index is 10.4. The molecule has 2 heterocycles. The maximum Gasteiger partial charge on any atom is 0.433 e. The molecule has 0 radical (unpaired) electrons. The van der Waals surface area contributed by atoms with E-state index in [0.717, 1.165) is 0 Å². The van der Waals surface area contributed by atoms with Gasteiger partial charge in [0.2, 0.25) is 0 Å². The largest absolute Gasteiger partial charge is 0.433 e. The highest BCUT2D eigenvalue weighted by Crippen LogP contribution is 2.18. The fourth-order valence-electron chi connectivity index (χ4n) is 1.58. The van der Waals surface area contributed by atoms with Gasteiger partial charge < -0.3 is 8.83 Å². The van der Waals surface area contributed by atoms with Crippen LogP contribution in [0.1, 0.15) is 5.76 Å². The van der Waals surface area contributed by atoms with Crippen molar-refractivity contribution in [1.82, 2.24) is 4.98 Å². The number of fused-ring (bicyclic) bond motifs is 1. The van der Waals surface area contributed by atoms with Gasteiger partial charge in [0.1, 0.15) is 10.4 Å². The van der Waals surface area contributed by atoms with E-state index in [1.807, 2.05) is 18.2 Å². The molecule has 0 aliphatic rings. The number of nitrogens with one attached hydrogen (secondary N) is 1. The van der Waals surface area contributed by atoms with Crippen LogP contribution in [0.25, 0.3) is 11.1 Å². The van der Waals surface area contributed by atoms with Crippen molar-refractivity contribution in [3.8, 4) is 0 Å². The van der Waals surface area contributed by atoms with Crippen LogP contribution in [0.4, 0.5) is 11.9 Å². The predicted molar refractivity (Wildman–Crippen MR) is 70.6 cm³/mol. The molecule has 8 nitrogen and oxygen atoms in total. The van der Waals surface area contributed by atoms with Gasteiger partial charge in [0, 0.05) is 0 Å². The van der Waals surface area contributed by atoms with Gasteiger partial charge in [0.15, 0.2) is 11.3 Å². The number of furan rings is 1. The standard InChI is InChI=1S/C12H8N4O4/c17-16(18)11-6-5-8(19-11)7-13-15-12-14-9-3-1-2-4-10(9)20-12/h1-7H,(H,14,15). The smallest absolute Gasteiger partial charge is 0.422 e. The van der Waals surface area contributed by atoms with Crippen LogP contribution in [0.2, 0.25) is 0 Å². The highest BCUT2D eigenvalue weighted by Gasteiger charge is 2.10. The van der Waals surface area contributed by atoms with Crippen molar-refractivity contribution in [2.45, 2.75) is 0 Å². The number of nitro groups is 1. The number of para-hydroxylation sites is 2. The highest BCUT2D eigenvalue weighted by atomic mass is 16.6. The summed E-state index contributed by atoms with van der Waals surface area (Å²) in [7, 11) is 0. The molecule has 0 bridgehead atoms. The molecule has 100 valence electrons. The molecule has 1 N–H and O–H groups in total. The van der Waals surface area contributed by atoms with E-state index in [9.17, 15) is 10.1 Å². The molecule has 0 spiro atoms. The first-order valence-electron chi connectivity index (χ1n) is 5.61. The van der Waals surface area contributed by atoms with Gasteiger partial charge in [-0.2, -0.15) is 10.1 Å². The Hall–Kier alpha value is -3.16. The summed E-state index contributed by atoms with van der Waals surface area (Å²) in [5.41, 5.74) is 3.93. The Morgan fingerprint density at radius 3 is 2.85 bits per heavy atom. The molecule has 2 aromatic heterocycles. The minimum atomic E-state index is -0.619. The number of hydrazone groups is 1. The molecular weight excluding hydrogens is 264 g/mol. The van der Waals surface area contributed by atoms with Crippen molar-refractivity contribution in [3.63, 3.8) is 0 Å². The van der Waals surface area contributed by atoms with Crippen molar-refractivity contribution in [2.75, 3.05) is 5.43 Å². The van der Waals surface area contributed by atoms with E-state index in [0.29, 0.717) is 11.1 Å². The van der Waals surface area contributed by atoms with E-state index in [1.165, 1.54) is 18.3 Å². The SMILES string of the molecule is O=[N+]([O-])c1ccc(C=NNc2nc3ccccc3o2)o1. The molecule has 20 heavy (non-hydrogen) atoms. The number of aromatic nitrogens is 1. The number of hydrogen-bond acceptors (Lipinski definition) is 7. The number of benzene rings is 1. The molecule has 1 aromatic carbocycles. The molecule has 0 aliphatic heterocycles. The molecule has 3 aromatic rings. The summed E-state index contributed by atoms with van der Waals surface area (Å²) in [6.07, 6.45) is 1.29. The van der Waals surface area contributed by atoms with Crippen LogP contribution in [-0.4, -0.2) is 16.1 Å². The van der Waals surface area contributed by atoms with Crippen LogP contribution in [0.5, 0.6) is 0 Å². The third kappa shape index (κ3) is 2.34. The average molecular weight is 272 g/mol. The van der Waals surface area contributed by atoms with Crippen LogP contribution in [-0.2, 0) is 0 Å². The van der Waals surface area contributed by atoms with Crippen molar-refractivity contribution < 1.29 is 13.8 Å². The molecular formula is C12H8N4O4. The zero-order valence-corrected chi connectivity index (χ0v) is 10.0. The fraction of sp³-hybridized carbons (Fsp3) is 0. The lowest BCUT2D eigenvalue weighted by Crippen LogP contribution is -1.89. The van der Waals surface area contributed by atoms with Crippen LogP contribution < -0.4 is 5.43 Å². The van der Waals surface area contributed by atoms with Gasteiger partial charge in [-0.25, -0.2) is 5.43 Å². The van der Waals surface area contributed by atoms with Gasteiger partial charge in [-0.05, 0) is 18.2 Å². The minimum absolute atomic E-state index is 0.225. The Balaban J connectivity index is 1.71. The number of nitrogens with zero attached hydrogens (tertiary/aromatic N) is 3. The van der Waals surface area contributed by atoms with E-state index in [4.69, 9.17) is 8.83 Å². The predicted octanol–water partition coefficient (Wildman–Crippen LogP) is 2.78.